The van der Waals surface area contributed by atoms with Crippen LogP contribution in [-0.2, 0) is 24.1 Å². The fraction of sp³-hybridized carbons (Fsp3) is 0.381. The molecule has 134 valence electrons. The Morgan fingerprint density at radius 2 is 1.60 bits per heavy atom. The molecule has 1 amide bonds. The number of hydrogen-bond acceptors (Lipinski definition) is 3. The molecule has 2 aromatic carbocycles. The van der Waals surface area contributed by atoms with Gasteiger partial charge in [-0.3, -0.25) is 4.79 Å². The molecule has 0 atom stereocenters. The predicted octanol–water partition coefficient (Wildman–Crippen LogP) is 4.40. The Morgan fingerprint density at radius 1 is 0.960 bits per heavy atom. The largest absolute Gasteiger partial charge is 0.493 e. The molecule has 0 fully saturated rings. The SMILES string of the molecule is CCc1cccc(CC)c1NC(=O)CCc1ccc(OC)c(OC)c1. The minimum absolute atomic E-state index is 0.0328. The Kier molecular flexibility index (Phi) is 6.87. The highest BCUT2D eigenvalue weighted by atomic mass is 16.5. The molecular weight excluding hydrogens is 314 g/mol. The second-order valence-corrected chi connectivity index (χ2v) is 5.90. The summed E-state index contributed by atoms with van der Waals surface area (Å²) in [5, 5.41) is 3.11. The zero-order chi connectivity index (χ0) is 18.2. The highest BCUT2D eigenvalue weighted by Gasteiger charge is 2.11. The van der Waals surface area contributed by atoms with Gasteiger partial charge in [0.25, 0.3) is 0 Å². The van der Waals surface area contributed by atoms with Crippen LogP contribution >= 0.6 is 0 Å². The van der Waals surface area contributed by atoms with Gasteiger partial charge in [-0.1, -0.05) is 38.1 Å². The van der Waals surface area contributed by atoms with Crippen LogP contribution in [-0.4, -0.2) is 20.1 Å². The molecule has 0 aliphatic rings. The zero-order valence-electron chi connectivity index (χ0n) is 15.5. The van der Waals surface area contributed by atoms with Gasteiger partial charge in [0.15, 0.2) is 11.5 Å². The van der Waals surface area contributed by atoms with Gasteiger partial charge in [-0.25, -0.2) is 0 Å². The van der Waals surface area contributed by atoms with Gasteiger partial charge in [0.05, 0.1) is 14.2 Å². The number of aryl methyl sites for hydroxylation is 3. The van der Waals surface area contributed by atoms with Crippen molar-refractivity contribution < 1.29 is 14.3 Å². The first-order chi connectivity index (χ1) is 12.1. The fourth-order valence-electron chi connectivity index (χ4n) is 2.90. The van der Waals surface area contributed by atoms with Gasteiger partial charge in [-0.2, -0.15) is 0 Å². The van der Waals surface area contributed by atoms with E-state index in [9.17, 15) is 4.79 Å². The van der Waals surface area contributed by atoms with E-state index in [4.69, 9.17) is 9.47 Å². The van der Waals surface area contributed by atoms with Crippen molar-refractivity contribution in [2.45, 2.75) is 39.5 Å². The molecule has 2 aromatic rings. The van der Waals surface area contributed by atoms with Crippen molar-refractivity contribution in [1.82, 2.24) is 0 Å². The van der Waals surface area contributed by atoms with Crippen molar-refractivity contribution >= 4 is 11.6 Å². The molecule has 25 heavy (non-hydrogen) atoms. The van der Waals surface area contributed by atoms with Crippen LogP contribution in [0.3, 0.4) is 0 Å². The van der Waals surface area contributed by atoms with Crippen molar-refractivity contribution in [1.29, 1.82) is 0 Å². The number of para-hydroxylation sites is 1. The molecule has 0 aliphatic heterocycles. The van der Waals surface area contributed by atoms with Gasteiger partial charge < -0.3 is 14.8 Å². The molecule has 0 heterocycles. The van der Waals surface area contributed by atoms with Gasteiger partial charge >= 0.3 is 0 Å². The van der Waals surface area contributed by atoms with Crippen LogP contribution in [0.1, 0.15) is 37.0 Å². The number of hydrogen-bond donors (Lipinski definition) is 1. The van der Waals surface area contributed by atoms with E-state index in [0.29, 0.717) is 24.3 Å². The summed E-state index contributed by atoms with van der Waals surface area (Å²) in [7, 11) is 3.23. The first-order valence-corrected chi connectivity index (χ1v) is 8.74. The van der Waals surface area contributed by atoms with E-state index >= 15 is 0 Å². The third-order valence-electron chi connectivity index (χ3n) is 4.35. The van der Waals surface area contributed by atoms with Crippen molar-refractivity contribution in [2.24, 2.45) is 0 Å². The number of methoxy groups -OCH3 is 2. The van der Waals surface area contributed by atoms with E-state index in [1.165, 1.54) is 11.1 Å². The lowest BCUT2D eigenvalue weighted by Crippen LogP contribution is -2.15. The van der Waals surface area contributed by atoms with E-state index in [2.05, 4.69) is 37.4 Å². The third-order valence-corrected chi connectivity index (χ3v) is 4.35. The molecule has 4 heteroatoms. The maximum Gasteiger partial charge on any atom is 0.224 e. The number of benzene rings is 2. The summed E-state index contributed by atoms with van der Waals surface area (Å²) in [5.41, 5.74) is 4.38. The maximum absolute atomic E-state index is 12.4. The average molecular weight is 341 g/mol. The second-order valence-electron chi connectivity index (χ2n) is 5.90. The number of amides is 1. The quantitative estimate of drug-likeness (QED) is 0.774. The van der Waals surface area contributed by atoms with Crippen molar-refractivity contribution in [3.63, 3.8) is 0 Å². The minimum atomic E-state index is 0.0328. The Labute approximate surface area is 150 Å². The first kappa shape index (κ1) is 18.8. The molecule has 0 saturated heterocycles. The number of anilines is 1. The summed E-state index contributed by atoms with van der Waals surface area (Å²) < 4.78 is 10.6. The molecule has 0 unspecified atom stereocenters. The molecule has 0 spiro atoms. The summed E-state index contributed by atoms with van der Waals surface area (Å²) in [6.45, 7) is 4.21. The third kappa shape index (κ3) is 4.75. The monoisotopic (exact) mass is 341 g/mol. The maximum atomic E-state index is 12.4. The summed E-state index contributed by atoms with van der Waals surface area (Å²) in [6, 6.07) is 12.0. The van der Waals surface area contributed by atoms with Crippen LogP contribution in [0.2, 0.25) is 0 Å². The van der Waals surface area contributed by atoms with E-state index in [1.54, 1.807) is 14.2 Å². The average Bonchev–Trinajstić information content (AvgIpc) is 2.66. The number of carbonyl (C=O) groups excluding carboxylic acids is 1. The van der Waals surface area contributed by atoms with E-state index in [1.807, 2.05) is 18.2 Å². The molecule has 0 aromatic heterocycles. The van der Waals surface area contributed by atoms with Crippen molar-refractivity contribution in [3.05, 3.63) is 53.1 Å². The van der Waals surface area contributed by atoms with Crippen LogP contribution < -0.4 is 14.8 Å². The molecule has 2 rings (SSSR count). The number of nitrogens with one attached hydrogen (secondary N) is 1. The van der Waals surface area contributed by atoms with Crippen LogP contribution in [0.4, 0.5) is 5.69 Å². The summed E-state index contributed by atoms with van der Waals surface area (Å²) in [6.07, 6.45) is 2.89. The molecule has 4 nitrogen and oxygen atoms in total. The summed E-state index contributed by atoms with van der Waals surface area (Å²) >= 11 is 0. The minimum Gasteiger partial charge on any atom is -0.493 e. The Balaban J connectivity index is 2.04. The van der Waals surface area contributed by atoms with Gasteiger partial charge in [0.2, 0.25) is 5.91 Å². The molecule has 0 radical (unpaired) electrons. The lowest BCUT2D eigenvalue weighted by atomic mass is 10.0. The zero-order valence-corrected chi connectivity index (χ0v) is 15.5. The molecule has 0 bridgehead atoms. The van der Waals surface area contributed by atoms with Gasteiger partial charge in [-0.15, -0.1) is 0 Å². The molecule has 0 aliphatic carbocycles. The van der Waals surface area contributed by atoms with E-state index in [-0.39, 0.29) is 5.91 Å². The number of carbonyl (C=O) groups is 1. The predicted molar refractivity (Wildman–Crippen MR) is 102 cm³/mol. The van der Waals surface area contributed by atoms with Crippen LogP contribution in [0.15, 0.2) is 36.4 Å². The Morgan fingerprint density at radius 3 is 2.16 bits per heavy atom. The smallest absolute Gasteiger partial charge is 0.224 e. The van der Waals surface area contributed by atoms with Crippen LogP contribution in [0.25, 0.3) is 0 Å². The van der Waals surface area contributed by atoms with Crippen LogP contribution in [0.5, 0.6) is 11.5 Å². The van der Waals surface area contributed by atoms with Crippen LogP contribution in [0, 0.1) is 0 Å². The molecule has 0 saturated carbocycles. The lowest BCUT2D eigenvalue weighted by Gasteiger charge is -2.14. The number of rotatable bonds is 8. The molecular formula is C21H27NO3. The highest BCUT2D eigenvalue weighted by Crippen LogP contribution is 2.28. The van der Waals surface area contributed by atoms with Gasteiger partial charge in [-0.05, 0) is 48.1 Å². The Bertz CT molecular complexity index is 703. The van der Waals surface area contributed by atoms with E-state index < -0.39 is 0 Å². The number of ether oxygens (including phenoxy) is 2. The second kappa shape index (κ2) is 9.11. The van der Waals surface area contributed by atoms with Crippen molar-refractivity contribution in [2.75, 3.05) is 19.5 Å². The molecule has 1 N–H and O–H groups in total. The standard InChI is InChI=1S/C21H27NO3/c1-5-16-8-7-9-17(6-2)21(16)22-20(23)13-11-15-10-12-18(24-3)19(14-15)25-4/h7-10,12,14H,5-6,11,13H2,1-4H3,(H,22,23). The first-order valence-electron chi connectivity index (χ1n) is 8.74. The Hall–Kier alpha value is -2.49. The summed E-state index contributed by atoms with van der Waals surface area (Å²) in [4.78, 5) is 12.4. The topological polar surface area (TPSA) is 47.6 Å². The fourth-order valence-corrected chi connectivity index (χ4v) is 2.90. The van der Waals surface area contributed by atoms with E-state index in [0.717, 1.165) is 24.1 Å². The lowest BCUT2D eigenvalue weighted by molar-refractivity contribution is -0.116. The van der Waals surface area contributed by atoms with Crippen molar-refractivity contribution in [3.8, 4) is 11.5 Å². The summed E-state index contributed by atoms with van der Waals surface area (Å²) in [5.74, 6) is 1.41. The van der Waals surface area contributed by atoms with Gasteiger partial charge in [0, 0.05) is 12.1 Å². The van der Waals surface area contributed by atoms with Gasteiger partial charge in [0.1, 0.15) is 0 Å². The normalized spacial score (nSPS) is 10.4. The highest BCUT2D eigenvalue weighted by molar-refractivity contribution is 5.92.